The van der Waals surface area contributed by atoms with E-state index in [1.165, 1.54) is 24.1 Å². The van der Waals surface area contributed by atoms with Crippen LogP contribution in [0.5, 0.6) is 5.75 Å². The summed E-state index contributed by atoms with van der Waals surface area (Å²) in [5.41, 5.74) is 1.29. The predicted octanol–water partition coefficient (Wildman–Crippen LogP) is 5.31. The largest absolute Gasteiger partial charge is 0.497 e. The Balaban J connectivity index is 1.98. The van der Waals surface area contributed by atoms with Gasteiger partial charge in [0.25, 0.3) is 10.0 Å². The van der Waals surface area contributed by atoms with Crippen LogP contribution in [-0.2, 0) is 26.0 Å². The SMILES string of the molecule is CCCCNC(=O)[C@@H](CC)N(CCc1ccccc1)C(=O)CN(c1ccc(Cl)cc1)S(=O)(=O)c1ccc(OC)cc1. The number of ether oxygens (including phenoxy) is 1. The molecule has 0 fully saturated rings. The number of carbonyl (C=O) groups is 2. The van der Waals surface area contributed by atoms with Crippen molar-refractivity contribution in [2.75, 3.05) is 31.0 Å². The molecule has 2 amide bonds. The van der Waals surface area contributed by atoms with Gasteiger partial charge in [-0.1, -0.05) is 62.2 Å². The lowest BCUT2D eigenvalue weighted by molar-refractivity contribution is -0.139. The van der Waals surface area contributed by atoms with Crippen molar-refractivity contribution in [1.29, 1.82) is 0 Å². The zero-order valence-corrected chi connectivity index (χ0v) is 25.3. The van der Waals surface area contributed by atoms with E-state index in [0.29, 0.717) is 30.2 Å². The number of methoxy groups -OCH3 is 1. The number of halogens is 1. The summed E-state index contributed by atoms with van der Waals surface area (Å²) < 4.78 is 34.0. The fraction of sp³-hybridized carbons (Fsp3) is 0.355. The zero-order chi connectivity index (χ0) is 29.8. The lowest BCUT2D eigenvalue weighted by Gasteiger charge is -2.33. The van der Waals surface area contributed by atoms with Crippen LogP contribution >= 0.6 is 11.6 Å². The summed E-state index contributed by atoms with van der Waals surface area (Å²) in [6.07, 6.45) is 2.64. The predicted molar refractivity (Wildman–Crippen MR) is 163 cm³/mol. The van der Waals surface area contributed by atoms with Crippen molar-refractivity contribution >= 4 is 39.1 Å². The van der Waals surface area contributed by atoms with Gasteiger partial charge in [-0.25, -0.2) is 8.42 Å². The molecule has 1 N–H and O–H groups in total. The number of nitrogens with zero attached hydrogens (tertiary/aromatic N) is 2. The average molecular weight is 600 g/mol. The van der Waals surface area contributed by atoms with Gasteiger partial charge < -0.3 is 15.0 Å². The van der Waals surface area contributed by atoms with Crippen LogP contribution in [0.2, 0.25) is 5.02 Å². The maximum Gasteiger partial charge on any atom is 0.264 e. The third-order valence-corrected chi connectivity index (χ3v) is 8.78. The molecule has 0 aliphatic carbocycles. The maximum absolute atomic E-state index is 14.0. The molecule has 41 heavy (non-hydrogen) atoms. The molecule has 8 nitrogen and oxygen atoms in total. The van der Waals surface area contributed by atoms with Crippen molar-refractivity contribution in [3.8, 4) is 5.75 Å². The Labute approximate surface area is 248 Å². The first kappa shape index (κ1) is 32.0. The molecular formula is C31H38ClN3O5S. The van der Waals surface area contributed by atoms with Crippen molar-refractivity contribution in [2.45, 2.75) is 50.5 Å². The Morgan fingerprint density at radius 1 is 0.951 bits per heavy atom. The van der Waals surface area contributed by atoms with E-state index < -0.39 is 28.5 Å². The van der Waals surface area contributed by atoms with Gasteiger partial charge in [-0.3, -0.25) is 13.9 Å². The van der Waals surface area contributed by atoms with Gasteiger partial charge >= 0.3 is 0 Å². The number of nitrogens with one attached hydrogen (secondary N) is 1. The Morgan fingerprint density at radius 2 is 1.61 bits per heavy atom. The van der Waals surface area contributed by atoms with E-state index in [4.69, 9.17) is 16.3 Å². The van der Waals surface area contributed by atoms with Crippen LogP contribution in [0, 0.1) is 0 Å². The van der Waals surface area contributed by atoms with Gasteiger partial charge in [0.2, 0.25) is 11.8 Å². The van der Waals surface area contributed by atoms with E-state index in [2.05, 4.69) is 5.32 Å². The highest BCUT2D eigenvalue weighted by Gasteiger charge is 2.33. The topological polar surface area (TPSA) is 96.0 Å². The minimum Gasteiger partial charge on any atom is -0.497 e. The minimum atomic E-state index is -4.17. The number of unbranched alkanes of at least 4 members (excludes halogenated alkanes) is 1. The van der Waals surface area contributed by atoms with Gasteiger partial charge in [-0.15, -0.1) is 0 Å². The molecule has 0 aliphatic rings. The van der Waals surface area contributed by atoms with Crippen LogP contribution in [0.4, 0.5) is 5.69 Å². The van der Waals surface area contributed by atoms with Crippen LogP contribution in [0.25, 0.3) is 0 Å². The Kier molecular flexibility index (Phi) is 12.0. The minimum absolute atomic E-state index is 0.00114. The highest BCUT2D eigenvalue weighted by Crippen LogP contribution is 2.27. The number of hydrogen-bond acceptors (Lipinski definition) is 5. The smallest absolute Gasteiger partial charge is 0.264 e. The molecule has 0 bridgehead atoms. The molecule has 0 saturated heterocycles. The first-order valence-corrected chi connectivity index (χ1v) is 15.6. The summed E-state index contributed by atoms with van der Waals surface area (Å²) in [6, 6.07) is 21.1. The van der Waals surface area contributed by atoms with E-state index in [1.807, 2.05) is 44.2 Å². The van der Waals surface area contributed by atoms with Crippen LogP contribution in [0.3, 0.4) is 0 Å². The highest BCUT2D eigenvalue weighted by molar-refractivity contribution is 7.92. The van der Waals surface area contributed by atoms with E-state index >= 15 is 0 Å². The molecule has 0 unspecified atom stereocenters. The molecule has 220 valence electrons. The number of carbonyl (C=O) groups excluding carboxylic acids is 2. The number of benzene rings is 3. The van der Waals surface area contributed by atoms with Gasteiger partial charge in [-0.05, 0) is 73.4 Å². The van der Waals surface area contributed by atoms with Gasteiger partial charge in [-0.2, -0.15) is 0 Å². The third kappa shape index (κ3) is 8.71. The van der Waals surface area contributed by atoms with Gasteiger partial charge in [0, 0.05) is 18.1 Å². The highest BCUT2D eigenvalue weighted by atomic mass is 35.5. The van der Waals surface area contributed by atoms with Gasteiger partial charge in [0.1, 0.15) is 18.3 Å². The molecule has 10 heteroatoms. The monoisotopic (exact) mass is 599 g/mol. The molecule has 3 rings (SSSR count). The lowest BCUT2D eigenvalue weighted by atomic mass is 10.1. The van der Waals surface area contributed by atoms with Crippen LogP contribution in [0.15, 0.2) is 83.8 Å². The summed E-state index contributed by atoms with van der Waals surface area (Å²) in [5, 5.41) is 3.37. The van der Waals surface area contributed by atoms with Crippen molar-refractivity contribution in [1.82, 2.24) is 10.2 Å². The fourth-order valence-corrected chi connectivity index (χ4v) is 5.95. The summed E-state index contributed by atoms with van der Waals surface area (Å²) >= 11 is 6.08. The number of rotatable bonds is 15. The number of hydrogen-bond donors (Lipinski definition) is 1. The van der Waals surface area contributed by atoms with Gasteiger partial charge in [0.05, 0.1) is 17.7 Å². The molecule has 0 spiro atoms. The van der Waals surface area contributed by atoms with Crippen LogP contribution in [-0.4, -0.2) is 57.9 Å². The molecule has 0 saturated carbocycles. The molecule has 0 aromatic heterocycles. The number of anilines is 1. The molecule has 3 aromatic carbocycles. The summed E-state index contributed by atoms with van der Waals surface area (Å²) in [6.45, 7) is 4.14. The van der Waals surface area contributed by atoms with E-state index in [1.54, 1.807) is 36.4 Å². The normalized spacial score (nSPS) is 11.9. The van der Waals surface area contributed by atoms with Crippen LogP contribution < -0.4 is 14.4 Å². The fourth-order valence-electron chi connectivity index (χ4n) is 4.41. The first-order valence-electron chi connectivity index (χ1n) is 13.7. The quantitative estimate of drug-likeness (QED) is 0.239. The maximum atomic E-state index is 14.0. The van der Waals surface area contributed by atoms with E-state index in [-0.39, 0.29) is 23.0 Å². The van der Waals surface area contributed by atoms with E-state index in [9.17, 15) is 18.0 Å². The molecule has 0 heterocycles. The molecule has 3 aromatic rings. The molecule has 0 aliphatic heterocycles. The first-order chi connectivity index (χ1) is 19.7. The lowest BCUT2D eigenvalue weighted by Crippen LogP contribution is -2.53. The Hall–Kier alpha value is -3.56. The standard InChI is InChI=1S/C31H38ClN3O5S/c1-4-6-21-33-31(37)29(5-2)34(22-20-24-10-8-7-9-11-24)30(36)23-35(26-14-12-25(32)13-15-26)41(38,39)28-18-16-27(40-3)17-19-28/h7-19,29H,4-6,20-23H2,1-3H3,(H,33,37)/t29-/m1/s1. The molecule has 0 radical (unpaired) electrons. The molecular weight excluding hydrogens is 562 g/mol. The second-order valence-electron chi connectivity index (χ2n) is 9.55. The average Bonchev–Trinajstić information content (AvgIpc) is 2.99. The number of amides is 2. The second kappa shape index (κ2) is 15.4. The van der Waals surface area contributed by atoms with Crippen molar-refractivity contribution < 1.29 is 22.7 Å². The molecule has 1 atom stereocenters. The zero-order valence-electron chi connectivity index (χ0n) is 23.8. The Morgan fingerprint density at radius 3 is 2.20 bits per heavy atom. The van der Waals surface area contributed by atoms with Crippen molar-refractivity contribution in [2.24, 2.45) is 0 Å². The van der Waals surface area contributed by atoms with E-state index in [0.717, 1.165) is 22.7 Å². The third-order valence-electron chi connectivity index (χ3n) is 6.74. The van der Waals surface area contributed by atoms with Gasteiger partial charge in [0.15, 0.2) is 0 Å². The van der Waals surface area contributed by atoms with Crippen LogP contribution in [0.1, 0.15) is 38.7 Å². The summed E-state index contributed by atoms with van der Waals surface area (Å²) in [5.74, 6) is -0.228. The Bertz CT molecular complexity index is 1370. The van der Waals surface area contributed by atoms with Crippen molar-refractivity contribution in [3.05, 3.63) is 89.4 Å². The second-order valence-corrected chi connectivity index (χ2v) is 11.9. The van der Waals surface area contributed by atoms with Crippen molar-refractivity contribution in [3.63, 3.8) is 0 Å². The number of sulfonamides is 1. The summed E-state index contributed by atoms with van der Waals surface area (Å²) in [7, 11) is -2.68. The summed E-state index contributed by atoms with van der Waals surface area (Å²) in [4.78, 5) is 28.7.